The zero-order chi connectivity index (χ0) is 16.2. The fourth-order valence-electron chi connectivity index (χ4n) is 1.81. The summed E-state index contributed by atoms with van der Waals surface area (Å²) in [6, 6.07) is 5.36. The smallest absolute Gasteiger partial charge is 0.408 e. The summed E-state index contributed by atoms with van der Waals surface area (Å²) < 4.78 is 5.01. The van der Waals surface area contributed by atoms with Crippen LogP contribution in [0.5, 0.6) is 0 Å². The maximum absolute atomic E-state index is 11.7. The van der Waals surface area contributed by atoms with E-state index in [1.807, 2.05) is 0 Å². The van der Waals surface area contributed by atoms with Crippen molar-refractivity contribution in [1.29, 1.82) is 0 Å². The molecule has 0 saturated carbocycles. The number of carboxylic acid groups (broad SMARTS) is 1. The summed E-state index contributed by atoms with van der Waals surface area (Å²) in [4.78, 5) is 23.0. The monoisotopic (exact) mass is 295 g/mol. The molecule has 0 aliphatic heterocycles. The van der Waals surface area contributed by atoms with Crippen LogP contribution in [0.4, 0.5) is 4.79 Å². The molecule has 0 aliphatic rings. The van der Waals surface area contributed by atoms with Gasteiger partial charge in [-0.05, 0) is 38.8 Å². The van der Waals surface area contributed by atoms with Gasteiger partial charge in [-0.2, -0.15) is 0 Å². The first-order chi connectivity index (χ1) is 9.61. The van der Waals surface area contributed by atoms with Crippen molar-refractivity contribution in [3.8, 4) is 0 Å². The normalized spacial score (nSPS) is 14.1. The Morgan fingerprint density at radius 3 is 2.29 bits per heavy atom. The first kappa shape index (κ1) is 17.0. The van der Waals surface area contributed by atoms with Crippen molar-refractivity contribution in [2.45, 2.75) is 45.4 Å². The van der Waals surface area contributed by atoms with Crippen LogP contribution in [0.1, 0.15) is 38.0 Å². The highest BCUT2D eigenvalue weighted by atomic mass is 16.6. The first-order valence-electron chi connectivity index (χ1n) is 6.58. The van der Waals surface area contributed by atoms with Crippen molar-refractivity contribution in [1.82, 2.24) is 5.32 Å². The molecule has 0 heterocycles. The van der Waals surface area contributed by atoms with Gasteiger partial charge in [-0.15, -0.1) is 0 Å². The summed E-state index contributed by atoms with van der Waals surface area (Å²) in [7, 11) is 0. The molecule has 1 rings (SSSR count). The van der Waals surface area contributed by atoms with Crippen molar-refractivity contribution >= 4 is 12.1 Å². The molecule has 0 radical (unpaired) electrons. The van der Waals surface area contributed by atoms with Gasteiger partial charge in [0.05, 0.1) is 0 Å². The summed E-state index contributed by atoms with van der Waals surface area (Å²) in [5.41, 5.74) is 0.434. The highest BCUT2D eigenvalue weighted by Gasteiger charge is 2.31. The lowest BCUT2D eigenvalue weighted by Gasteiger charge is -2.25. The number of carbonyl (C=O) groups is 2. The van der Waals surface area contributed by atoms with Crippen LogP contribution >= 0.6 is 0 Å². The Kier molecular flexibility index (Phi) is 5.32. The van der Waals surface area contributed by atoms with E-state index in [4.69, 9.17) is 4.74 Å². The van der Waals surface area contributed by atoms with E-state index in [1.165, 1.54) is 0 Å². The molecular weight excluding hydrogens is 274 g/mol. The second-order valence-corrected chi connectivity index (χ2v) is 5.76. The molecule has 0 spiro atoms. The van der Waals surface area contributed by atoms with Gasteiger partial charge in [0, 0.05) is 0 Å². The number of carboxylic acids is 1. The number of hydrogen-bond acceptors (Lipinski definition) is 4. The van der Waals surface area contributed by atoms with Crippen LogP contribution in [-0.4, -0.2) is 33.9 Å². The van der Waals surface area contributed by atoms with Gasteiger partial charge in [0.1, 0.15) is 11.7 Å². The molecule has 1 amide bonds. The first-order valence-corrected chi connectivity index (χ1v) is 6.58. The molecule has 6 nitrogen and oxygen atoms in total. The number of benzene rings is 1. The molecule has 2 atom stereocenters. The number of aliphatic hydroxyl groups is 1. The highest BCUT2D eigenvalue weighted by Crippen LogP contribution is 2.21. The van der Waals surface area contributed by atoms with E-state index in [2.05, 4.69) is 5.32 Å². The average Bonchev–Trinajstić information content (AvgIpc) is 2.33. The van der Waals surface area contributed by atoms with Crippen molar-refractivity contribution < 1.29 is 24.5 Å². The average molecular weight is 295 g/mol. The van der Waals surface area contributed by atoms with Crippen molar-refractivity contribution in [3.63, 3.8) is 0 Å². The van der Waals surface area contributed by atoms with Gasteiger partial charge < -0.3 is 20.3 Å². The number of rotatable bonds is 4. The van der Waals surface area contributed by atoms with E-state index >= 15 is 0 Å². The number of carbonyl (C=O) groups excluding carboxylic acids is 1. The summed E-state index contributed by atoms with van der Waals surface area (Å²) in [6.45, 7) is 6.76. The quantitative estimate of drug-likeness (QED) is 0.789. The minimum atomic E-state index is -1.49. The van der Waals surface area contributed by atoms with E-state index in [0.29, 0.717) is 5.56 Å². The molecule has 1 aromatic carbocycles. The lowest BCUT2D eigenvalue weighted by Crippen LogP contribution is -2.47. The van der Waals surface area contributed by atoms with Crippen molar-refractivity contribution in [2.75, 3.05) is 0 Å². The van der Waals surface area contributed by atoms with E-state index in [1.54, 1.807) is 52.0 Å². The van der Waals surface area contributed by atoms with Gasteiger partial charge in [-0.3, -0.25) is 0 Å². The summed E-state index contributed by atoms with van der Waals surface area (Å²) in [5.74, 6) is -1.34. The van der Waals surface area contributed by atoms with Crippen LogP contribution in [0.25, 0.3) is 0 Å². The molecule has 6 heteroatoms. The van der Waals surface area contributed by atoms with Crippen molar-refractivity contribution in [3.05, 3.63) is 35.4 Å². The SMILES string of the molecule is Cc1ccccc1[C@H](O)[C@@H](NC(=O)OC(C)(C)C)C(=O)O. The van der Waals surface area contributed by atoms with Crippen molar-refractivity contribution in [2.24, 2.45) is 0 Å². The van der Waals surface area contributed by atoms with E-state index in [0.717, 1.165) is 5.56 Å². The van der Waals surface area contributed by atoms with Crippen LogP contribution in [0.15, 0.2) is 24.3 Å². The van der Waals surface area contributed by atoms with E-state index in [9.17, 15) is 19.8 Å². The number of nitrogens with one attached hydrogen (secondary N) is 1. The van der Waals surface area contributed by atoms with Crippen LogP contribution in [0, 0.1) is 6.92 Å². The molecule has 0 aliphatic carbocycles. The fraction of sp³-hybridized carbons (Fsp3) is 0.467. The molecular formula is C15H21NO5. The third-order valence-corrected chi connectivity index (χ3v) is 2.76. The zero-order valence-electron chi connectivity index (χ0n) is 12.6. The molecule has 0 fully saturated rings. The van der Waals surface area contributed by atoms with E-state index in [-0.39, 0.29) is 0 Å². The second-order valence-electron chi connectivity index (χ2n) is 5.76. The number of hydrogen-bond donors (Lipinski definition) is 3. The van der Waals surface area contributed by atoms with Gasteiger partial charge in [-0.25, -0.2) is 9.59 Å². The molecule has 0 aromatic heterocycles. The van der Waals surface area contributed by atoms with Gasteiger partial charge in [0.2, 0.25) is 0 Å². The Labute approximate surface area is 123 Å². The maximum Gasteiger partial charge on any atom is 0.408 e. The van der Waals surface area contributed by atoms with Crippen LogP contribution in [0.2, 0.25) is 0 Å². The predicted octanol–water partition coefficient (Wildman–Crippen LogP) is 2.01. The Balaban J connectivity index is 2.90. The zero-order valence-corrected chi connectivity index (χ0v) is 12.6. The largest absolute Gasteiger partial charge is 0.480 e. The number of amides is 1. The van der Waals surface area contributed by atoms with Gasteiger partial charge in [0.15, 0.2) is 6.04 Å². The minimum Gasteiger partial charge on any atom is -0.480 e. The van der Waals surface area contributed by atoms with Crippen LogP contribution in [-0.2, 0) is 9.53 Å². The van der Waals surface area contributed by atoms with E-state index < -0.39 is 29.8 Å². The number of aryl methyl sites for hydroxylation is 1. The molecule has 3 N–H and O–H groups in total. The topological polar surface area (TPSA) is 95.9 Å². The lowest BCUT2D eigenvalue weighted by molar-refractivity contribution is -0.142. The lowest BCUT2D eigenvalue weighted by atomic mass is 9.98. The molecule has 21 heavy (non-hydrogen) atoms. The van der Waals surface area contributed by atoms with Crippen LogP contribution < -0.4 is 5.32 Å². The van der Waals surface area contributed by atoms with Gasteiger partial charge >= 0.3 is 12.1 Å². The summed E-state index contributed by atoms with van der Waals surface area (Å²) in [5, 5.41) is 21.6. The maximum atomic E-state index is 11.7. The number of ether oxygens (including phenoxy) is 1. The fourth-order valence-corrected chi connectivity index (χ4v) is 1.81. The number of aliphatic carboxylic acids is 1. The summed E-state index contributed by atoms with van der Waals surface area (Å²) in [6.07, 6.45) is -2.25. The Morgan fingerprint density at radius 1 is 1.24 bits per heavy atom. The minimum absolute atomic E-state index is 0.445. The Bertz CT molecular complexity index is 521. The molecule has 116 valence electrons. The number of alkyl carbamates (subject to hydrolysis) is 1. The van der Waals surface area contributed by atoms with Gasteiger partial charge in [0.25, 0.3) is 0 Å². The van der Waals surface area contributed by atoms with Crippen LogP contribution in [0.3, 0.4) is 0 Å². The standard InChI is InChI=1S/C15H21NO5/c1-9-7-5-6-8-10(9)12(17)11(13(18)19)16-14(20)21-15(2,3)4/h5-8,11-12,17H,1-4H3,(H,16,20)(H,18,19)/t11-,12+/m1/s1. The third-order valence-electron chi connectivity index (χ3n) is 2.76. The molecule has 1 aromatic rings. The molecule has 0 saturated heterocycles. The Morgan fingerprint density at radius 2 is 1.81 bits per heavy atom. The predicted molar refractivity (Wildman–Crippen MR) is 76.9 cm³/mol. The highest BCUT2D eigenvalue weighted by molar-refractivity contribution is 5.81. The molecule has 0 unspecified atom stereocenters. The number of aliphatic hydroxyl groups excluding tert-OH is 1. The van der Waals surface area contributed by atoms with Gasteiger partial charge in [-0.1, -0.05) is 24.3 Å². The Hall–Kier alpha value is -2.08. The third kappa shape index (κ3) is 5.07. The summed E-state index contributed by atoms with van der Waals surface area (Å²) >= 11 is 0. The second kappa shape index (κ2) is 6.58. The molecule has 0 bridgehead atoms.